The van der Waals surface area contributed by atoms with Crippen molar-refractivity contribution in [2.24, 2.45) is 0 Å². The van der Waals surface area contributed by atoms with Gasteiger partial charge in [0.05, 0.1) is 24.6 Å². The molecule has 23 heavy (non-hydrogen) atoms. The third-order valence-electron chi connectivity index (χ3n) is 2.93. The zero-order valence-corrected chi connectivity index (χ0v) is 12.6. The molecular formula is C15H14ClF3N2O2. The number of nitrogens with one attached hydrogen (secondary N) is 2. The average molecular weight is 347 g/mol. The largest absolute Gasteiger partial charge is 0.394 e. The average Bonchev–Trinajstić information content (AvgIpc) is 2.52. The predicted molar refractivity (Wildman–Crippen MR) is 80.9 cm³/mol. The van der Waals surface area contributed by atoms with Crippen molar-refractivity contribution < 1.29 is 23.1 Å². The summed E-state index contributed by atoms with van der Waals surface area (Å²) in [4.78, 5) is 4.87. The minimum absolute atomic E-state index is 0.0226. The molecule has 0 saturated carbocycles. The lowest BCUT2D eigenvalue weighted by atomic mass is 10.1. The van der Waals surface area contributed by atoms with E-state index < -0.39 is 17.5 Å². The molecule has 0 unspecified atom stereocenters. The lowest BCUT2D eigenvalue weighted by molar-refractivity contribution is 0.0138. The van der Waals surface area contributed by atoms with Gasteiger partial charge in [0.1, 0.15) is 5.82 Å². The summed E-state index contributed by atoms with van der Waals surface area (Å²) in [5, 5.41) is 11.3. The maximum absolute atomic E-state index is 14.0. The van der Waals surface area contributed by atoms with Crippen LogP contribution in [-0.4, -0.2) is 18.3 Å². The molecule has 0 aliphatic rings. The first-order valence-electron chi connectivity index (χ1n) is 6.67. The Bertz CT molecular complexity index is 686. The molecule has 8 heteroatoms. The highest BCUT2D eigenvalue weighted by Crippen LogP contribution is 2.28. The molecule has 0 amide bonds. The van der Waals surface area contributed by atoms with Crippen LogP contribution >= 0.6 is 11.6 Å². The molecule has 0 saturated heterocycles. The van der Waals surface area contributed by atoms with Gasteiger partial charge in [0.2, 0.25) is 0 Å². The highest BCUT2D eigenvalue weighted by atomic mass is 35.5. The molecule has 2 aromatic carbocycles. The van der Waals surface area contributed by atoms with Crippen molar-refractivity contribution in [2.75, 3.05) is 18.5 Å². The number of hydroxylamine groups is 1. The van der Waals surface area contributed by atoms with Crippen LogP contribution in [0.2, 0.25) is 5.02 Å². The fraction of sp³-hybridized carbons (Fsp3) is 0.200. The minimum atomic E-state index is -1.14. The molecule has 0 radical (unpaired) electrons. The van der Waals surface area contributed by atoms with Gasteiger partial charge in [0, 0.05) is 11.6 Å². The molecule has 2 rings (SSSR count). The van der Waals surface area contributed by atoms with E-state index in [4.69, 9.17) is 21.5 Å². The van der Waals surface area contributed by atoms with Gasteiger partial charge in [-0.05, 0) is 29.8 Å². The van der Waals surface area contributed by atoms with E-state index in [2.05, 4.69) is 10.8 Å². The summed E-state index contributed by atoms with van der Waals surface area (Å²) in [6.07, 6.45) is 0. The lowest BCUT2D eigenvalue weighted by Crippen LogP contribution is -2.18. The normalized spacial score (nSPS) is 10.8. The molecule has 3 N–H and O–H groups in total. The Kier molecular flexibility index (Phi) is 6.23. The van der Waals surface area contributed by atoms with Gasteiger partial charge in [0.25, 0.3) is 0 Å². The number of anilines is 2. The van der Waals surface area contributed by atoms with Gasteiger partial charge in [-0.25, -0.2) is 13.2 Å². The molecule has 0 bridgehead atoms. The summed E-state index contributed by atoms with van der Waals surface area (Å²) in [7, 11) is 0. The predicted octanol–water partition coefficient (Wildman–Crippen LogP) is 3.51. The number of halogens is 4. The van der Waals surface area contributed by atoms with E-state index in [9.17, 15) is 13.2 Å². The number of rotatable bonds is 7. The van der Waals surface area contributed by atoms with E-state index >= 15 is 0 Å². The summed E-state index contributed by atoms with van der Waals surface area (Å²) < 4.78 is 41.3. The molecular weight excluding hydrogens is 333 g/mol. The van der Waals surface area contributed by atoms with Crippen LogP contribution in [0.3, 0.4) is 0 Å². The third kappa shape index (κ3) is 4.59. The Balaban J connectivity index is 2.26. The molecule has 4 nitrogen and oxygen atoms in total. The van der Waals surface area contributed by atoms with Gasteiger partial charge in [0.15, 0.2) is 11.6 Å². The smallest absolute Gasteiger partial charge is 0.182 e. The standard InChI is InChI=1S/C15H14ClF3N2O2/c16-10-2-4-13(12(18)7-10)21-15-9(8-20-23-6-5-22)1-3-11(17)14(15)19/h1-4,7,20-22H,5-6,8H2. The van der Waals surface area contributed by atoms with Gasteiger partial charge < -0.3 is 10.4 Å². The first-order chi connectivity index (χ1) is 11.0. The lowest BCUT2D eigenvalue weighted by Gasteiger charge is -2.15. The third-order valence-corrected chi connectivity index (χ3v) is 3.17. The molecule has 0 heterocycles. The first kappa shape index (κ1) is 17.6. The van der Waals surface area contributed by atoms with Crippen LogP contribution in [0.25, 0.3) is 0 Å². The maximum atomic E-state index is 14.0. The molecule has 0 fully saturated rings. The van der Waals surface area contributed by atoms with Crippen LogP contribution < -0.4 is 10.8 Å². The number of aliphatic hydroxyl groups is 1. The molecule has 0 spiro atoms. The molecule has 0 atom stereocenters. The van der Waals surface area contributed by atoms with E-state index in [0.717, 1.165) is 12.1 Å². The summed E-state index contributed by atoms with van der Waals surface area (Å²) in [5.74, 6) is -2.90. The Morgan fingerprint density at radius 3 is 2.57 bits per heavy atom. The van der Waals surface area contributed by atoms with Crippen molar-refractivity contribution in [1.82, 2.24) is 5.48 Å². The van der Waals surface area contributed by atoms with Gasteiger partial charge in [-0.2, -0.15) is 5.48 Å². The fourth-order valence-corrected chi connectivity index (χ4v) is 2.00. The minimum Gasteiger partial charge on any atom is -0.394 e. The molecule has 2 aromatic rings. The van der Waals surface area contributed by atoms with Gasteiger partial charge >= 0.3 is 0 Å². The van der Waals surface area contributed by atoms with Gasteiger partial charge in [-0.15, -0.1) is 0 Å². The highest BCUT2D eigenvalue weighted by molar-refractivity contribution is 6.30. The first-order valence-corrected chi connectivity index (χ1v) is 7.05. The van der Waals surface area contributed by atoms with E-state index in [-0.39, 0.29) is 36.2 Å². The number of aliphatic hydroxyl groups excluding tert-OH is 1. The second-order valence-electron chi connectivity index (χ2n) is 4.54. The topological polar surface area (TPSA) is 53.5 Å². The zero-order valence-electron chi connectivity index (χ0n) is 11.9. The van der Waals surface area contributed by atoms with Crippen molar-refractivity contribution in [3.8, 4) is 0 Å². The number of hydrogen-bond acceptors (Lipinski definition) is 4. The summed E-state index contributed by atoms with van der Waals surface area (Å²) in [6, 6.07) is 6.10. The highest BCUT2D eigenvalue weighted by Gasteiger charge is 2.15. The SMILES string of the molecule is OCCONCc1ccc(F)c(F)c1Nc1ccc(Cl)cc1F. The van der Waals surface area contributed by atoms with E-state index in [1.165, 1.54) is 18.2 Å². The summed E-state index contributed by atoms with van der Waals surface area (Å²) in [6.45, 7) is -0.126. The van der Waals surface area contributed by atoms with E-state index in [0.29, 0.717) is 5.56 Å². The van der Waals surface area contributed by atoms with Crippen molar-refractivity contribution in [2.45, 2.75) is 6.54 Å². The monoisotopic (exact) mass is 346 g/mol. The van der Waals surface area contributed by atoms with E-state index in [1.54, 1.807) is 0 Å². The second kappa shape index (κ2) is 8.16. The Morgan fingerprint density at radius 2 is 1.87 bits per heavy atom. The number of hydrogen-bond donors (Lipinski definition) is 3. The van der Waals surface area contributed by atoms with Crippen LogP contribution in [0.5, 0.6) is 0 Å². The van der Waals surface area contributed by atoms with Crippen molar-refractivity contribution in [3.63, 3.8) is 0 Å². The zero-order chi connectivity index (χ0) is 16.8. The van der Waals surface area contributed by atoms with Crippen LogP contribution in [0.15, 0.2) is 30.3 Å². The molecule has 0 aliphatic carbocycles. The molecule has 0 aliphatic heterocycles. The van der Waals surface area contributed by atoms with Crippen LogP contribution in [-0.2, 0) is 11.4 Å². The maximum Gasteiger partial charge on any atom is 0.182 e. The van der Waals surface area contributed by atoms with Crippen LogP contribution in [0, 0.1) is 17.5 Å². The van der Waals surface area contributed by atoms with Crippen LogP contribution in [0.4, 0.5) is 24.5 Å². The van der Waals surface area contributed by atoms with Crippen LogP contribution in [0.1, 0.15) is 5.56 Å². The van der Waals surface area contributed by atoms with Crippen molar-refractivity contribution >= 4 is 23.0 Å². The Labute approximate surface area is 135 Å². The summed E-state index contributed by atoms with van der Waals surface area (Å²) in [5.41, 5.74) is 2.55. The Morgan fingerprint density at radius 1 is 1.09 bits per heavy atom. The molecule has 124 valence electrons. The molecule has 0 aromatic heterocycles. The van der Waals surface area contributed by atoms with Gasteiger partial charge in [-0.3, -0.25) is 4.84 Å². The Hall–Kier alpha value is -1.80. The van der Waals surface area contributed by atoms with E-state index in [1.807, 2.05) is 0 Å². The van der Waals surface area contributed by atoms with Crippen molar-refractivity contribution in [1.29, 1.82) is 0 Å². The second-order valence-corrected chi connectivity index (χ2v) is 4.97. The van der Waals surface area contributed by atoms with Gasteiger partial charge in [-0.1, -0.05) is 17.7 Å². The summed E-state index contributed by atoms with van der Waals surface area (Å²) >= 11 is 5.66. The quantitative estimate of drug-likeness (QED) is 0.530. The number of benzene rings is 2. The fourth-order valence-electron chi connectivity index (χ4n) is 1.85. The van der Waals surface area contributed by atoms with Crippen molar-refractivity contribution in [3.05, 3.63) is 58.4 Å².